The highest BCUT2D eigenvalue weighted by atomic mass is 16.5. The van der Waals surface area contributed by atoms with Crippen molar-refractivity contribution in [3.05, 3.63) is 46.0 Å². The standard InChI is InChI=1S/C24H34N6O4/c1-3-22(23-26-27-28-30(23)16-20-7-5-12-34-20)29(10-6-11-31)15-18-13-17-14-19(33-4-2)8-9-21(17)25-24(18)32/h8-9,13-14,20,22,31H,3-7,10-12,15-16H2,1-2H3,(H,25,32)/t20-,22-/m1/s1. The second-order valence-corrected chi connectivity index (χ2v) is 8.63. The topological polar surface area (TPSA) is 118 Å². The van der Waals surface area contributed by atoms with Gasteiger partial charge in [0.2, 0.25) is 0 Å². The minimum Gasteiger partial charge on any atom is -0.494 e. The van der Waals surface area contributed by atoms with Gasteiger partial charge in [-0.05, 0) is 67.3 Å². The van der Waals surface area contributed by atoms with E-state index in [1.165, 1.54) is 0 Å². The molecule has 2 aromatic heterocycles. The maximum atomic E-state index is 12.9. The van der Waals surface area contributed by atoms with Crippen molar-refractivity contribution in [1.29, 1.82) is 0 Å². The molecule has 2 N–H and O–H groups in total. The van der Waals surface area contributed by atoms with Gasteiger partial charge in [0, 0.05) is 42.8 Å². The summed E-state index contributed by atoms with van der Waals surface area (Å²) < 4.78 is 13.2. The predicted octanol–water partition coefficient (Wildman–Crippen LogP) is 2.43. The lowest BCUT2D eigenvalue weighted by Crippen LogP contribution is -2.34. The van der Waals surface area contributed by atoms with Crippen LogP contribution in [0.25, 0.3) is 10.9 Å². The van der Waals surface area contributed by atoms with E-state index in [4.69, 9.17) is 9.47 Å². The Kier molecular flexibility index (Phi) is 8.25. The van der Waals surface area contributed by atoms with E-state index in [0.717, 1.165) is 48.3 Å². The molecule has 1 saturated heterocycles. The molecule has 1 aliphatic heterocycles. The number of hydrogen-bond donors (Lipinski definition) is 2. The van der Waals surface area contributed by atoms with Crippen LogP contribution in [0.1, 0.15) is 57.0 Å². The third-order valence-corrected chi connectivity index (χ3v) is 6.27. The minimum absolute atomic E-state index is 0.0690. The number of benzene rings is 1. The average Bonchev–Trinajstić information content (AvgIpc) is 3.51. The largest absolute Gasteiger partial charge is 0.494 e. The van der Waals surface area contributed by atoms with Gasteiger partial charge in [0.1, 0.15) is 5.75 Å². The van der Waals surface area contributed by atoms with Crippen molar-refractivity contribution in [2.75, 3.05) is 26.4 Å². The highest BCUT2D eigenvalue weighted by Crippen LogP contribution is 2.26. The molecule has 3 heterocycles. The Morgan fingerprint density at radius 1 is 1.35 bits per heavy atom. The van der Waals surface area contributed by atoms with Gasteiger partial charge in [0.25, 0.3) is 5.56 Å². The number of fused-ring (bicyclic) bond motifs is 1. The van der Waals surface area contributed by atoms with E-state index in [1.54, 1.807) is 0 Å². The molecule has 1 aliphatic rings. The first-order valence-corrected chi connectivity index (χ1v) is 12.1. The predicted molar refractivity (Wildman–Crippen MR) is 128 cm³/mol. The highest BCUT2D eigenvalue weighted by molar-refractivity contribution is 5.80. The summed E-state index contributed by atoms with van der Waals surface area (Å²) in [5.41, 5.74) is 1.29. The smallest absolute Gasteiger partial charge is 0.252 e. The molecule has 0 amide bonds. The molecular formula is C24H34N6O4. The Hall–Kier alpha value is -2.82. The van der Waals surface area contributed by atoms with Crippen molar-refractivity contribution in [2.24, 2.45) is 0 Å². The molecule has 0 spiro atoms. The monoisotopic (exact) mass is 470 g/mol. The number of nitrogens with zero attached hydrogens (tertiary/aromatic N) is 5. The van der Waals surface area contributed by atoms with Crippen LogP contribution in [0.2, 0.25) is 0 Å². The lowest BCUT2D eigenvalue weighted by Gasteiger charge is -2.30. The van der Waals surface area contributed by atoms with Crippen LogP contribution in [-0.2, 0) is 17.8 Å². The van der Waals surface area contributed by atoms with E-state index in [1.807, 2.05) is 35.9 Å². The lowest BCUT2D eigenvalue weighted by molar-refractivity contribution is 0.0888. The number of hydrogen-bond acceptors (Lipinski definition) is 8. The van der Waals surface area contributed by atoms with Crippen molar-refractivity contribution in [1.82, 2.24) is 30.1 Å². The molecule has 4 rings (SSSR count). The Labute approximate surface area is 198 Å². The van der Waals surface area contributed by atoms with Gasteiger partial charge in [0.05, 0.1) is 25.3 Å². The minimum atomic E-state index is -0.126. The van der Waals surface area contributed by atoms with Crippen molar-refractivity contribution < 1.29 is 14.6 Å². The van der Waals surface area contributed by atoms with Gasteiger partial charge in [0.15, 0.2) is 5.82 Å². The molecule has 0 aliphatic carbocycles. The summed E-state index contributed by atoms with van der Waals surface area (Å²) in [4.78, 5) is 18.1. The molecule has 0 radical (unpaired) electrons. The number of H-pyrrole nitrogens is 1. The summed E-state index contributed by atoms with van der Waals surface area (Å²) in [7, 11) is 0. The van der Waals surface area contributed by atoms with Crippen molar-refractivity contribution in [3.63, 3.8) is 0 Å². The van der Waals surface area contributed by atoms with Gasteiger partial charge < -0.3 is 19.6 Å². The van der Waals surface area contributed by atoms with Gasteiger partial charge in [-0.3, -0.25) is 9.69 Å². The Balaban J connectivity index is 1.62. The molecule has 34 heavy (non-hydrogen) atoms. The van der Waals surface area contributed by atoms with Gasteiger partial charge in [-0.2, -0.15) is 0 Å². The van der Waals surface area contributed by atoms with E-state index in [0.29, 0.717) is 38.2 Å². The maximum Gasteiger partial charge on any atom is 0.252 e. The summed E-state index contributed by atoms with van der Waals surface area (Å²) in [6.45, 7) is 7.09. The number of aliphatic hydroxyl groups excluding tert-OH is 1. The maximum absolute atomic E-state index is 12.9. The van der Waals surface area contributed by atoms with E-state index in [2.05, 4.69) is 32.3 Å². The quantitative estimate of drug-likeness (QED) is 0.414. The second-order valence-electron chi connectivity index (χ2n) is 8.63. The number of pyridine rings is 1. The summed E-state index contributed by atoms with van der Waals surface area (Å²) in [6, 6.07) is 7.48. The molecule has 3 aromatic rings. The van der Waals surface area contributed by atoms with Crippen LogP contribution in [-0.4, -0.2) is 67.7 Å². The Bertz CT molecular complexity index is 1120. The molecule has 0 saturated carbocycles. The molecule has 10 heteroatoms. The second kappa shape index (κ2) is 11.5. The van der Waals surface area contributed by atoms with Gasteiger partial charge >= 0.3 is 0 Å². The van der Waals surface area contributed by atoms with Crippen molar-refractivity contribution >= 4 is 10.9 Å². The van der Waals surface area contributed by atoms with Gasteiger partial charge in [-0.15, -0.1) is 5.10 Å². The molecule has 0 bridgehead atoms. The van der Waals surface area contributed by atoms with Crippen LogP contribution >= 0.6 is 0 Å². The van der Waals surface area contributed by atoms with Crippen LogP contribution in [0.5, 0.6) is 5.75 Å². The molecule has 10 nitrogen and oxygen atoms in total. The number of ether oxygens (including phenoxy) is 2. The van der Waals surface area contributed by atoms with Crippen molar-refractivity contribution in [3.8, 4) is 5.75 Å². The van der Waals surface area contributed by atoms with Crippen LogP contribution < -0.4 is 10.3 Å². The van der Waals surface area contributed by atoms with Gasteiger partial charge in [-0.25, -0.2) is 4.68 Å². The summed E-state index contributed by atoms with van der Waals surface area (Å²) in [6.07, 6.45) is 3.52. The van der Waals surface area contributed by atoms with E-state index in [-0.39, 0.29) is 24.3 Å². The zero-order valence-corrected chi connectivity index (χ0v) is 19.9. The molecule has 184 valence electrons. The number of rotatable bonds is 12. The molecular weight excluding hydrogens is 436 g/mol. The first kappa shape index (κ1) is 24.3. The number of aromatic nitrogens is 5. The lowest BCUT2D eigenvalue weighted by atomic mass is 10.1. The van der Waals surface area contributed by atoms with Crippen LogP contribution in [0.3, 0.4) is 0 Å². The van der Waals surface area contributed by atoms with E-state index in [9.17, 15) is 9.90 Å². The molecule has 1 aromatic carbocycles. The number of aromatic amines is 1. The van der Waals surface area contributed by atoms with E-state index >= 15 is 0 Å². The fourth-order valence-corrected chi connectivity index (χ4v) is 4.61. The van der Waals surface area contributed by atoms with E-state index < -0.39 is 0 Å². The highest BCUT2D eigenvalue weighted by Gasteiger charge is 2.27. The SMILES string of the molecule is CCOc1ccc2[nH]c(=O)c(CN(CCCO)[C@H](CC)c3nnnn3C[C@H]3CCCO3)cc2c1. The zero-order valence-electron chi connectivity index (χ0n) is 19.9. The Morgan fingerprint density at radius 3 is 2.97 bits per heavy atom. The van der Waals surface area contributed by atoms with Crippen LogP contribution in [0.4, 0.5) is 0 Å². The fraction of sp³-hybridized carbons (Fsp3) is 0.583. The van der Waals surface area contributed by atoms with Crippen LogP contribution in [0, 0.1) is 0 Å². The molecule has 0 unspecified atom stereocenters. The first-order chi connectivity index (χ1) is 16.6. The fourth-order valence-electron chi connectivity index (χ4n) is 4.61. The van der Waals surface area contributed by atoms with Gasteiger partial charge in [-0.1, -0.05) is 6.92 Å². The normalized spacial score (nSPS) is 17.0. The van der Waals surface area contributed by atoms with Crippen LogP contribution in [0.15, 0.2) is 29.1 Å². The summed E-state index contributed by atoms with van der Waals surface area (Å²) >= 11 is 0. The summed E-state index contributed by atoms with van der Waals surface area (Å²) in [5, 5.41) is 22.9. The molecule has 1 fully saturated rings. The molecule has 2 atom stereocenters. The third-order valence-electron chi connectivity index (χ3n) is 6.27. The zero-order chi connectivity index (χ0) is 23.9. The average molecular weight is 471 g/mol. The number of tetrazole rings is 1. The summed E-state index contributed by atoms with van der Waals surface area (Å²) in [5.74, 6) is 1.52. The Morgan fingerprint density at radius 2 is 2.24 bits per heavy atom. The third kappa shape index (κ3) is 5.63. The first-order valence-electron chi connectivity index (χ1n) is 12.1. The number of nitrogens with one attached hydrogen (secondary N) is 1. The number of aliphatic hydroxyl groups is 1. The van der Waals surface area contributed by atoms with Crippen molar-refractivity contribution in [2.45, 2.75) is 64.8 Å².